The molecule has 0 radical (unpaired) electrons. The van der Waals surface area contributed by atoms with Gasteiger partial charge in [0.1, 0.15) is 17.2 Å². The first-order valence-corrected chi connectivity index (χ1v) is 7.55. The number of ketones is 2. The Bertz CT molecular complexity index is 910. The monoisotopic (exact) mass is 302 g/mol. The van der Waals surface area contributed by atoms with Crippen molar-refractivity contribution >= 4 is 11.6 Å². The van der Waals surface area contributed by atoms with E-state index in [9.17, 15) is 9.59 Å². The molecule has 112 valence electrons. The molecule has 4 nitrogen and oxygen atoms in total. The van der Waals surface area contributed by atoms with Crippen LogP contribution >= 0.6 is 0 Å². The van der Waals surface area contributed by atoms with Gasteiger partial charge in [0.25, 0.3) is 5.78 Å². The number of H-pyrrole nitrogens is 1. The molecule has 0 atom stereocenters. The van der Waals surface area contributed by atoms with E-state index in [2.05, 4.69) is 22.1 Å². The van der Waals surface area contributed by atoms with E-state index in [0.29, 0.717) is 23.4 Å². The second kappa shape index (κ2) is 5.32. The van der Waals surface area contributed by atoms with Crippen molar-refractivity contribution in [3.8, 4) is 11.3 Å². The summed E-state index contributed by atoms with van der Waals surface area (Å²) in [5.41, 5.74) is 3.29. The predicted octanol–water partition coefficient (Wildman–Crippen LogP) is 3.24. The lowest BCUT2D eigenvalue weighted by Gasteiger charge is -2.11. The molecule has 0 unspecified atom stereocenters. The molecule has 1 N–H and O–H groups in total. The molecule has 1 aliphatic rings. The third kappa shape index (κ3) is 2.28. The number of nitrogens with one attached hydrogen (secondary N) is 1. The Kier molecular flexibility index (Phi) is 3.15. The van der Waals surface area contributed by atoms with Gasteiger partial charge in [0, 0.05) is 17.5 Å². The fourth-order valence-electron chi connectivity index (χ4n) is 2.93. The first kappa shape index (κ1) is 13.6. The number of hydrogen-bond donors (Lipinski definition) is 1. The van der Waals surface area contributed by atoms with Gasteiger partial charge in [-0.1, -0.05) is 54.6 Å². The molecular weight excluding hydrogens is 288 g/mol. The third-order valence-electron chi connectivity index (χ3n) is 4.11. The molecule has 23 heavy (non-hydrogen) atoms. The van der Waals surface area contributed by atoms with Gasteiger partial charge in [-0.2, -0.15) is 0 Å². The highest BCUT2D eigenvalue weighted by molar-refractivity contribution is 6.52. The van der Waals surface area contributed by atoms with Crippen LogP contribution in [0.25, 0.3) is 11.3 Å². The Morgan fingerprint density at radius 3 is 2.26 bits per heavy atom. The van der Waals surface area contributed by atoms with Crippen LogP contribution in [0.4, 0.5) is 0 Å². The van der Waals surface area contributed by atoms with Gasteiger partial charge >= 0.3 is 0 Å². The van der Waals surface area contributed by atoms with E-state index >= 15 is 0 Å². The molecule has 0 saturated carbocycles. The first-order valence-electron chi connectivity index (χ1n) is 7.55. The summed E-state index contributed by atoms with van der Waals surface area (Å²) in [6, 6.07) is 17.2. The average Bonchev–Trinajstić information content (AvgIpc) is 3.03. The molecule has 4 heteroatoms. The lowest BCUT2D eigenvalue weighted by atomic mass is 9.90. The largest absolute Gasteiger partial charge is 0.339 e. The van der Waals surface area contributed by atoms with E-state index in [1.807, 2.05) is 30.3 Å². The highest BCUT2D eigenvalue weighted by Crippen LogP contribution is 2.31. The average molecular weight is 302 g/mol. The Balaban J connectivity index is 1.69. The zero-order valence-corrected chi connectivity index (χ0v) is 12.4. The molecule has 0 bridgehead atoms. The number of imidazole rings is 1. The standard InChI is InChI=1S/C19H14N2O2/c22-18-14-9-5-4-8-13(14)16-17(19(18)23)21-15(20-16)11-10-12-6-2-1-3-7-12/h1-9H,10-11H2,(H,20,21). The molecule has 0 fully saturated rings. The number of aromatic nitrogens is 2. The Morgan fingerprint density at radius 2 is 1.48 bits per heavy atom. The quantitative estimate of drug-likeness (QED) is 0.755. The van der Waals surface area contributed by atoms with E-state index in [4.69, 9.17) is 0 Å². The van der Waals surface area contributed by atoms with Gasteiger partial charge in [0.2, 0.25) is 5.78 Å². The van der Waals surface area contributed by atoms with Gasteiger partial charge in [-0.05, 0) is 12.0 Å². The minimum atomic E-state index is -0.503. The van der Waals surface area contributed by atoms with E-state index in [1.54, 1.807) is 12.1 Å². The summed E-state index contributed by atoms with van der Waals surface area (Å²) in [7, 11) is 0. The van der Waals surface area contributed by atoms with Crippen LogP contribution in [-0.4, -0.2) is 21.5 Å². The van der Waals surface area contributed by atoms with Crippen LogP contribution in [0.2, 0.25) is 0 Å². The summed E-state index contributed by atoms with van der Waals surface area (Å²) in [5, 5.41) is 0. The van der Waals surface area contributed by atoms with E-state index in [0.717, 1.165) is 17.8 Å². The summed E-state index contributed by atoms with van der Waals surface area (Å²) in [4.78, 5) is 32.0. The van der Waals surface area contributed by atoms with Crippen LogP contribution in [0.15, 0.2) is 54.6 Å². The molecule has 2 aromatic carbocycles. The number of Topliss-reactive ketones (excluding diaryl/α,β-unsaturated/α-hetero) is 2. The van der Waals surface area contributed by atoms with Crippen molar-refractivity contribution in [2.45, 2.75) is 12.8 Å². The molecule has 0 spiro atoms. The minimum absolute atomic E-state index is 0.316. The van der Waals surface area contributed by atoms with Crippen molar-refractivity contribution in [2.75, 3.05) is 0 Å². The molecule has 1 heterocycles. The van der Waals surface area contributed by atoms with Crippen LogP contribution in [0.1, 0.15) is 32.2 Å². The van der Waals surface area contributed by atoms with Gasteiger partial charge in [-0.15, -0.1) is 0 Å². The lowest BCUT2D eigenvalue weighted by Crippen LogP contribution is -2.21. The number of hydrogen-bond acceptors (Lipinski definition) is 3. The summed E-state index contributed by atoms with van der Waals surface area (Å²) in [5.74, 6) is -0.236. The van der Waals surface area contributed by atoms with Crippen molar-refractivity contribution in [1.82, 2.24) is 9.97 Å². The molecule has 0 aliphatic heterocycles. The number of carbonyl (C=O) groups excluding carboxylic acids is 2. The number of fused-ring (bicyclic) bond motifs is 3. The zero-order valence-electron chi connectivity index (χ0n) is 12.4. The summed E-state index contributed by atoms with van der Waals surface area (Å²) >= 11 is 0. The van der Waals surface area contributed by atoms with Crippen molar-refractivity contribution < 1.29 is 9.59 Å². The highest BCUT2D eigenvalue weighted by atomic mass is 16.2. The maximum absolute atomic E-state index is 12.2. The predicted molar refractivity (Wildman–Crippen MR) is 86.5 cm³/mol. The van der Waals surface area contributed by atoms with Crippen molar-refractivity contribution in [2.24, 2.45) is 0 Å². The van der Waals surface area contributed by atoms with Gasteiger partial charge in [0.15, 0.2) is 0 Å². The normalized spacial score (nSPS) is 12.9. The summed E-state index contributed by atoms with van der Waals surface area (Å²) in [6.45, 7) is 0. The number of rotatable bonds is 3. The minimum Gasteiger partial charge on any atom is -0.339 e. The Morgan fingerprint density at radius 1 is 0.783 bits per heavy atom. The first-order chi connectivity index (χ1) is 11.2. The number of aromatic amines is 1. The Hall–Kier alpha value is -3.01. The van der Waals surface area contributed by atoms with E-state index in [-0.39, 0.29) is 0 Å². The number of nitrogens with zero attached hydrogens (tertiary/aromatic N) is 1. The van der Waals surface area contributed by atoms with Crippen molar-refractivity contribution in [1.29, 1.82) is 0 Å². The SMILES string of the molecule is O=C1C(=O)c2[nH]c(CCc3ccccc3)nc2-c2ccccc21. The van der Waals surface area contributed by atoms with Crippen LogP contribution in [0.3, 0.4) is 0 Å². The van der Waals surface area contributed by atoms with Gasteiger partial charge in [0.05, 0.1) is 0 Å². The van der Waals surface area contributed by atoms with Crippen LogP contribution in [-0.2, 0) is 12.8 Å². The number of carbonyl (C=O) groups is 2. The molecular formula is C19H14N2O2. The third-order valence-corrected chi connectivity index (χ3v) is 4.11. The van der Waals surface area contributed by atoms with Crippen molar-refractivity contribution in [3.05, 3.63) is 77.2 Å². The van der Waals surface area contributed by atoms with Gasteiger partial charge in [-0.25, -0.2) is 4.98 Å². The van der Waals surface area contributed by atoms with E-state index < -0.39 is 11.6 Å². The number of aryl methyl sites for hydroxylation is 2. The molecule has 4 rings (SSSR count). The van der Waals surface area contributed by atoms with E-state index in [1.165, 1.54) is 5.56 Å². The molecule has 1 aliphatic carbocycles. The molecule has 0 saturated heterocycles. The lowest BCUT2D eigenvalue weighted by molar-refractivity contribution is 0.0812. The second-order valence-electron chi connectivity index (χ2n) is 5.60. The zero-order chi connectivity index (χ0) is 15.8. The molecule has 1 aromatic heterocycles. The van der Waals surface area contributed by atoms with Gasteiger partial charge in [-0.3, -0.25) is 9.59 Å². The maximum Gasteiger partial charge on any atom is 0.251 e. The van der Waals surface area contributed by atoms with Crippen LogP contribution < -0.4 is 0 Å². The smallest absolute Gasteiger partial charge is 0.251 e. The number of benzene rings is 2. The second-order valence-corrected chi connectivity index (χ2v) is 5.60. The Labute approximate surface area is 133 Å². The summed E-state index contributed by atoms with van der Waals surface area (Å²) < 4.78 is 0. The molecule has 0 amide bonds. The van der Waals surface area contributed by atoms with Gasteiger partial charge < -0.3 is 4.98 Å². The summed E-state index contributed by atoms with van der Waals surface area (Å²) in [6.07, 6.45) is 1.53. The maximum atomic E-state index is 12.2. The van der Waals surface area contributed by atoms with Crippen LogP contribution in [0.5, 0.6) is 0 Å². The topological polar surface area (TPSA) is 62.8 Å². The molecule has 3 aromatic rings. The highest BCUT2D eigenvalue weighted by Gasteiger charge is 2.33. The van der Waals surface area contributed by atoms with Crippen LogP contribution in [0, 0.1) is 0 Å². The van der Waals surface area contributed by atoms with Crippen molar-refractivity contribution in [3.63, 3.8) is 0 Å². The fourth-order valence-corrected chi connectivity index (χ4v) is 2.93. The fraction of sp³-hybridized carbons (Fsp3) is 0.105.